The fourth-order valence-corrected chi connectivity index (χ4v) is 1.49. The van der Waals surface area contributed by atoms with Crippen LogP contribution in [0.25, 0.3) is 0 Å². The largest absolute Gasteiger partial charge is 0.388 e. The van der Waals surface area contributed by atoms with E-state index in [2.05, 4.69) is 0 Å². The molecule has 1 rings (SSSR count). The highest BCUT2D eigenvalue weighted by atomic mass is 16.7. The van der Waals surface area contributed by atoms with Crippen LogP contribution in [0, 0.1) is 0 Å². The fourth-order valence-electron chi connectivity index (χ4n) is 1.49. The van der Waals surface area contributed by atoms with Gasteiger partial charge in [0.25, 0.3) is 0 Å². The van der Waals surface area contributed by atoms with Crippen molar-refractivity contribution in [2.24, 2.45) is 0 Å². The summed E-state index contributed by atoms with van der Waals surface area (Å²) in [5, 5.41) is 28.5. The van der Waals surface area contributed by atoms with Crippen molar-refractivity contribution < 1.29 is 24.8 Å². The molecule has 0 amide bonds. The lowest BCUT2D eigenvalue weighted by Gasteiger charge is -2.38. The molecular formula is C10H20O5. The lowest BCUT2D eigenvalue weighted by atomic mass is 10.0. The first-order valence-electron chi connectivity index (χ1n) is 5.39. The van der Waals surface area contributed by atoms with Crippen molar-refractivity contribution in [1.82, 2.24) is 0 Å². The molecule has 3 N–H and O–H groups in total. The number of aliphatic hydroxyl groups is 3. The zero-order chi connectivity index (χ0) is 11.4. The molecule has 0 aromatic heterocycles. The minimum atomic E-state index is -1.21. The Hall–Kier alpha value is -0.200. The summed E-state index contributed by atoms with van der Waals surface area (Å²) >= 11 is 0. The van der Waals surface area contributed by atoms with Crippen LogP contribution in [0.5, 0.6) is 0 Å². The Bertz CT molecular complexity index is 187. The fraction of sp³-hybridized carbons (Fsp3) is 1.00. The average Bonchev–Trinajstić information content (AvgIpc) is 2.23. The third-order valence-electron chi connectivity index (χ3n) is 2.59. The van der Waals surface area contributed by atoms with E-state index in [9.17, 15) is 15.3 Å². The lowest BCUT2D eigenvalue weighted by molar-refractivity contribution is -0.293. The summed E-state index contributed by atoms with van der Waals surface area (Å²) in [6.45, 7) is 4.15. The molecule has 0 bridgehead atoms. The molecule has 1 saturated heterocycles. The molecule has 15 heavy (non-hydrogen) atoms. The highest BCUT2D eigenvalue weighted by Crippen LogP contribution is 2.21. The molecule has 0 aromatic rings. The molecule has 0 saturated carbocycles. The number of rotatable bonds is 4. The summed E-state index contributed by atoms with van der Waals surface area (Å²) in [6, 6.07) is 0. The number of hydrogen-bond acceptors (Lipinski definition) is 5. The third-order valence-corrected chi connectivity index (χ3v) is 2.59. The van der Waals surface area contributed by atoms with E-state index in [0.717, 1.165) is 12.8 Å². The van der Waals surface area contributed by atoms with Gasteiger partial charge in [0.2, 0.25) is 0 Å². The van der Waals surface area contributed by atoms with Crippen molar-refractivity contribution in [3.05, 3.63) is 0 Å². The van der Waals surface area contributed by atoms with Crippen molar-refractivity contribution in [3.8, 4) is 0 Å². The maximum Gasteiger partial charge on any atom is 0.186 e. The first-order valence-corrected chi connectivity index (χ1v) is 5.39. The minimum absolute atomic E-state index is 0.480. The van der Waals surface area contributed by atoms with Crippen molar-refractivity contribution >= 4 is 0 Å². The second-order valence-corrected chi connectivity index (χ2v) is 3.91. The number of hydrogen-bond donors (Lipinski definition) is 3. The van der Waals surface area contributed by atoms with Gasteiger partial charge in [-0.1, -0.05) is 13.3 Å². The maximum atomic E-state index is 9.56. The van der Waals surface area contributed by atoms with E-state index in [1.54, 1.807) is 6.92 Å². The van der Waals surface area contributed by atoms with Crippen LogP contribution in [-0.4, -0.2) is 52.6 Å². The summed E-state index contributed by atoms with van der Waals surface area (Å²) in [6.07, 6.45) is -2.97. The van der Waals surface area contributed by atoms with Crippen molar-refractivity contribution in [2.45, 2.75) is 57.4 Å². The number of unbranched alkanes of at least 4 members (excludes halogenated alkanes) is 1. The van der Waals surface area contributed by atoms with Crippen molar-refractivity contribution in [1.29, 1.82) is 0 Å². The summed E-state index contributed by atoms with van der Waals surface area (Å²) in [7, 11) is 0. The number of aliphatic hydroxyl groups excluding tert-OH is 3. The van der Waals surface area contributed by atoms with Gasteiger partial charge in [0.05, 0.1) is 6.10 Å². The van der Waals surface area contributed by atoms with E-state index in [-0.39, 0.29) is 0 Å². The van der Waals surface area contributed by atoms with Crippen LogP contribution in [0.15, 0.2) is 0 Å². The molecule has 0 spiro atoms. The molecule has 1 fully saturated rings. The first kappa shape index (κ1) is 12.9. The second-order valence-electron chi connectivity index (χ2n) is 3.91. The Morgan fingerprint density at radius 3 is 2.40 bits per heavy atom. The molecule has 5 heteroatoms. The van der Waals surface area contributed by atoms with Crippen molar-refractivity contribution in [3.63, 3.8) is 0 Å². The molecule has 0 aliphatic carbocycles. The van der Waals surface area contributed by atoms with Crippen LogP contribution >= 0.6 is 0 Å². The minimum Gasteiger partial charge on any atom is -0.388 e. The van der Waals surface area contributed by atoms with E-state index in [1.807, 2.05) is 6.92 Å². The third kappa shape index (κ3) is 3.12. The van der Waals surface area contributed by atoms with Gasteiger partial charge >= 0.3 is 0 Å². The monoisotopic (exact) mass is 220 g/mol. The van der Waals surface area contributed by atoms with Crippen LogP contribution in [0.4, 0.5) is 0 Å². The normalized spacial score (nSPS) is 41.8. The van der Waals surface area contributed by atoms with Gasteiger partial charge in [-0.2, -0.15) is 0 Å². The standard InChI is InChI=1S/C10H20O5/c1-3-4-5-14-10-9(13)8(12)7(11)6(2)15-10/h6-13H,3-5H2,1-2H3/t6-,7-,8+,9+,10?/m1/s1. The zero-order valence-electron chi connectivity index (χ0n) is 9.17. The molecule has 1 unspecified atom stereocenters. The van der Waals surface area contributed by atoms with Crippen molar-refractivity contribution in [2.75, 3.05) is 6.61 Å². The highest BCUT2D eigenvalue weighted by Gasteiger charge is 2.42. The SMILES string of the molecule is CCCCOC1O[C@H](C)[C@@H](O)[C@H](O)[C@@H]1O. The molecule has 1 heterocycles. The predicted octanol–water partition coefficient (Wildman–Crippen LogP) is -0.369. The molecule has 5 atom stereocenters. The Balaban J connectivity index is 2.43. The van der Waals surface area contributed by atoms with Gasteiger partial charge in [-0.15, -0.1) is 0 Å². The smallest absolute Gasteiger partial charge is 0.186 e. The Labute approximate surface area is 89.6 Å². The highest BCUT2D eigenvalue weighted by molar-refractivity contribution is 4.87. The first-order chi connectivity index (χ1) is 7.07. The quantitative estimate of drug-likeness (QED) is 0.563. The lowest BCUT2D eigenvalue weighted by Crippen LogP contribution is -2.57. The van der Waals surface area contributed by atoms with Gasteiger partial charge in [-0.25, -0.2) is 0 Å². The molecule has 0 radical (unpaired) electrons. The second kappa shape index (κ2) is 5.77. The molecule has 1 aliphatic rings. The van der Waals surface area contributed by atoms with Crippen LogP contribution in [-0.2, 0) is 9.47 Å². The van der Waals surface area contributed by atoms with E-state index >= 15 is 0 Å². The molecule has 0 aromatic carbocycles. The topological polar surface area (TPSA) is 79.2 Å². The molecular weight excluding hydrogens is 200 g/mol. The van der Waals surface area contributed by atoms with E-state index < -0.39 is 30.7 Å². The Kier molecular flexibility index (Phi) is 4.95. The predicted molar refractivity (Wildman–Crippen MR) is 53.2 cm³/mol. The average molecular weight is 220 g/mol. The van der Waals surface area contributed by atoms with Gasteiger partial charge in [0, 0.05) is 6.61 Å². The molecule has 90 valence electrons. The van der Waals surface area contributed by atoms with E-state index in [4.69, 9.17) is 9.47 Å². The van der Waals surface area contributed by atoms with Gasteiger partial charge in [-0.05, 0) is 13.3 Å². The summed E-state index contributed by atoms with van der Waals surface area (Å²) in [5.41, 5.74) is 0. The van der Waals surface area contributed by atoms with Crippen LogP contribution in [0.2, 0.25) is 0 Å². The van der Waals surface area contributed by atoms with Crippen LogP contribution in [0.3, 0.4) is 0 Å². The van der Waals surface area contributed by atoms with Gasteiger partial charge in [-0.3, -0.25) is 0 Å². The van der Waals surface area contributed by atoms with Crippen LogP contribution in [0.1, 0.15) is 26.7 Å². The van der Waals surface area contributed by atoms with Gasteiger partial charge in [0.15, 0.2) is 6.29 Å². The molecule has 1 aliphatic heterocycles. The summed E-state index contributed by atoms with van der Waals surface area (Å²) in [4.78, 5) is 0. The number of ether oxygens (including phenoxy) is 2. The van der Waals surface area contributed by atoms with E-state index in [1.165, 1.54) is 0 Å². The Morgan fingerprint density at radius 1 is 1.13 bits per heavy atom. The molecule has 5 nitrogen and oxygen atoms in total. The van der Waals surface area contributed by atoms with Gasteiger partial charge < -0.3 is 24.8 Å². The summed E-state index contributed by atoms with van der Waals surface area (Å²) in [5.74, 6) is 0. The Morgan fingerprint density at radius 2 is 1.80 bits per heavy atom. The maximum absolute atomic E-state index is 9.56. The van der Waals surface area contributed by atoms with Gasteiger partial charge in [0.1, 0.15) is 18.3 Å². The van der Waals surface area contributed by atoms with Crippen LogP contribution < -0.4 is 0 Å². The summed E-state index contributed by atoms with van der Waals surface area (Å²) < 4.78 is 10.5. The zero-order valence-corrected chi connectivity index (χ0v) is 9.17. The van der Waals surface area contributed by atoms with E-state index in [0.29, 0.717) is 6.61 Å².